The topological polar surface area (TPSA) is 89.3 Å². The van der Waals surface area contributed by atoms with Gasteiger partial charge in [0, 0.05) is 12.6 Å². The van der Waals surface area contributed by atoms with E-state index in [0.717, 1.165) is 0 Å². The molecule has 0 saturated heterocycles. The molecule has 0 unspecified atom stereocenters. The fraction of sp³-hybridized carbons (Fsp3) is 0.300. The first-order valence-corrected chi connectivity index (χ1v) is 6.62. The standard InChI is InChI=1S/C10H12F2N2O3S/c1-2-3-14-10(15)6-4-9(18(13,16)17)8(12)5-7(6)11/h4-5H,2-3H2,1H3,(H,14,15)(H2,13,16,17). The molecule has 0 bridgehead atoms. The van der Waals surface area contributed by atoms with Crippen LogP contribution in [0.5, 0.6) is 0 Å². The van der Waals surface area contributed by atoms with Gasteiger partial charge in [-0.3, -0.25) is 4.79 Å². The molecule has 0 aliphatic carbocycles. The number of hydrogen-bond donors (Lipinski definition) is 2. The molecular formula is C10H12F2N2O3S. The minimum Gasteiger partial charge on any atom is -0.352 e. The summed E-state index contributed by atoms with van der Waals surface area (Å²) in [6.07, 6.45) is 0.622. The molecule has 1 aromatic carbocycles. The lowest BCUT2D eigenvalue weighted by atomic mass is 10.2. The van der Waals surface area contributed by atoms with Gasteiger partial charge in [-0.25, -0.2) is 22.3 Å². The summed E-state index contributed by atoms with van der Waals surface area (Å²) < 4.78 is 48.6. The van der Waals surface area contributed by atoms with Crippen LogP contribution in [0.15, 0.2) is 17.0 Å². The first-order chi connectivity index (χ1) is 8.27. The number of amides is 1. The Bertz CT molecular complexity index is 573. The smallest absolute Gasteiger partial charge is 0.254 e. The zero-order valence-electron chi connectivity index (χ0n) is 9.54. The predicted molar refractivity (Wildman–Crippen MR) is 60.4 cm³/mol. The van der Waals surface area contributed by atoms with Crippen LogP contribution in [0, 0.1) is 11.6 Å². The number of hydrogen-bond acceptors (Lipinski definition) is 3. The maximum atomic E-state index is 13.4. The van der Waals surface area contributed by atoms with E-state index in [2.05, 4.69) is 5.32 Å². The van der Waals surface area contributed by atoms with Crippen LogP contribution < -0.4 is 10.5 Å². The summed E-state index contributed by atoms with van der Waals surface area (Å²) in [5, 5.41) is 7.11. The third kappa shape index (κ3) is 3.23. The number of carbonyl (C=O) groups excluding carboxylic acids is 1. The molecule has 0 aromatic heterocycles. The monoisotopic (exact) mass is 278 g/mol. The minimum atomic E-state index is -4.35. The maximum Gasteiger partial charge on any atom is 0.254 e. The van der Waals surface area contributed by atoms with Crippen LogP contribution in [0.25, 0.3) is 0 Å². The van der Waals surface area contributed by atoms with Crippen molar-refractivity contribution in [3.05, 3.63) is 29.3 Å². The van der Waals surface area contributed by atoms with Gasteiger partial charge >= 0.3 is 0 Å². The number of primary sulfonamides is 1. The third-order valence-corrected chi connectivity index (χ3v) is 3.03. The molecule has 0 saturated carbocycles. The quantitative estimate of drug-likeness (QED) is 0.851. The van der Waals surface area contributed by atoms with E-state index in [4.69, 9.17) is 5.14 Å². The summed E-state index contributed by atoms with van der Waals surface area (Å²) in [7, 11) is -4.35. The molecule has 0 fully saturated rings. The summed E-state index contributed by atoms with van der Waals surface area (Å²) in [6.45, 7) is 2.08. The molecule has 0 heterocycles. The summed E-state index contributed by atoms with van der Waals surface area (Å²) in [6, 6.07) is 0.908. The van der Waals surface area contributed by atoms with Gasteiger partial charge in [-0.2, -0.15) is 0 Å². The van der Waals surface area contributed by atoms with Crippen LogP contribution in [0.1, 0.15) is 23.7 Å². The van der Waals surface area contributed by atoms with Gasteiger partial charge in [-0.15, -0.1) is 0 Å². The van der Waals surface area contributed by atoms with Crippen molar-refractivity contribution in [3.63, 3.8) is 0 Å². The van der Waals surface area contributed by atoms with Crippen molar-refractivity contribution in [1.82, 2.24) is 5.32 Å². The van der Waals surface area contributed by atoms with E-state index >= 15 is 0 Å². The van der Waals surface area contributed by atoms with Gasteiger partial charge < -0.3 is 5.32 Å². The molecular weight excluding hydrogens is 266 g/mol. The van der Waals surface area contributed by atoms with Crippen molar-refractivity contribution in [2.75, 3.05) is 6.54 Å². The van der Waals surface area contributed by atoms with E-state index in [1.165, 1.54) is 0 Å². The molecule has 0 radical (unpaired) electrons. The van der Waals surface area contributed by atoms with Crippen LogP contribution in [0.4, 0.5) is 8.78 Å². The number of benzene rings is 1. The van der Waals surface area contributed by atoms with Gasteiger partial charge in [0.25, 0.3) is 5.91 Å². The molecule has 1 aromatic rings. The fourth-order valence-corrected chi connectivity index (χ4v) is 1.87. The van der Waals surface area contributed by atoms with Crippen LogP contribution in [-0.4, -0.2) is 20.9 Å². The summed E-state index contributed by atoms with van der Waals surface area (Å²) >= 11 is 0. The number of halogens is 2. The largest absolute Gasteiger partial charge is 0.352 e. The Morgan fingerprint density at radius 3 is 2.44 bits per heavy atom. The van der Waals surface area contributed by atoms with Crippen molar-refractivity contribution in [1.29, 1.82) is 0 Å². The Morgan fingerprint density at radius 1 is 1.33 bits per heavy atom. The average Bonchev–Trinajstić information content (AvgIpc) is 2.24. The number of carbonyl (C=O) groups is 1. The first-order valence-electron chi connectivity index (χ1n) is 5.07. The molecule has 100 valence electrons. The average molecular weight is 278 g/mol. The molecule has 0 spiro atoms. The Hall–Kier alpha value is -1.54. The van der Waals surface area contributed by atoms with E-state index in [0.29, 0.717) is 25.1 Å². The Kier molecular flexibility index (Phi) is 4.36. The van der Waals surface area contributed by atoms with Gasteiger partial charge in [0.15, 0.2) is 0 Å². The Balaban J connectivity index is 3.26. The van der Waals surface area contributed by atoms with Gasteiger partial charge in [0.2, 0.25) is 10.0 Å². The summed E-state index contributed by atoms with van der Waals surface area (Å²) in [4.78, 5) is 10.6. The van der Waals surface area contributed by atoms with E-state index in [1.54, 1.807) is 6.92 Å². The first kappa shape index (κ1) is 14.5. The lowest BCUT2D eigenvalue weighted by Crippen LogP contribution is -2.26. The maximum absolute atomic E-state index is 13.4. The fourth-order valence-electron chi connectivity index (χ4n) is 1.25. The van der Waals surface area contributed by atoms with Crippen molar-refractivity contribution in [3.8, 4) is 0 Å². The number of nitrogens with one attached hydrogen (secondary N) is 1. The zero-order valence-corrected chi connectivity index (χ0v) is 10.4. The molecule has 0 aliphatic heterocycles. The second-order valence-electron chi connectivity index (χ2n) is 3.56. The van der Waals surface area contributed by atoms with Gasteiger partial charge in [0.05, 0.1) is 5.56 Å². The predicted octanol–water partition coefficient (Wildman–Crippen LogP) is 0.752. The highest BCUT2D eigenvalue weighted by Gasteiger charge is 2.21. The Labute approximate surface area is 103 Å². The van der Waals surface area contributed by atoms with Crippen LogP contribution in [-0.2, 0) is 10.0 Å². The Morgan fingerprint density at radius 2 is 1.94 bits per heavy atom. The molecule has 1 rings (SSSR count). The SMILES string of the molecule is CCCNC(=O)c1cc(S(N)(=O)=O)c(F)cc1F. The molecule has 5 nitrogen and oxygen atoms in total. The second-order valence-corrected chi connectivity index (χ2v) is 5.09. The highest BCUT2D eigenvalue weighted by Crippen LogP contribution is 2.18. The molecule has 0 aliphatic rings. The zero-order chi connectivity index (χ0) is 13.9. The van der Waals surface area contributed by atoms with Gasteiger partial charge in [-0.05, 0) is 12.5 Å². The third-order valence-electron chi connectivity index (χ3n) is 2.11. The van der Waals surface area contributed by atoms with Crippen molar-refractivity contribution >= 4 is 15.9 Å². The van der Waals surface area contributed by atoms with E-state index < -0.39 is 38.0 Å². The van der Waals surface area contributed by atoms with Crippen LogP contribution in [0.2, 0.25) is 0 Å². The van der Waals surface area contributed by atoms with Crippen molar-refractivity contribution in [2.24, 2.45) is 5.14 Å². The van der Waals surface area contributed by atoms with Gasteiger partial charge in [-0.1, -0.05) is 6.92 Å². The van der Waals surface area contributed by atoms with Crippen molar-refractivity contribution < 1.29 is 22.0 Å². The molecule has 8 heteroatoms. The van der Waals surface area contributed by atoms with E-state index in [-0.39, 0.29) is 0 Å². The lowest BCUT2D eigenvalue weighted by Gasteiger charge is -2.07. The summed E-state index contributed by atoms with van der Waals surface area (Å²) in [5.74, 6) is -3.30. The van der Waals surface area contributed by atoms with E-state index in [1.807, 2.05) is 0 Å². The van der Waals surface area contributed by atoms with Gasteiger partial charge in [0.1, 0.15) is 16.5 Å². The molecule has 3 N–H and O–H groups in total. The second kappa shape index (κ2) is 5.40. The van der Waals surface area contributed by atoms with Crippen LogP contribution in [0.3, 0.4) is 0 Å². The van der Waals surface area contributed by atoms with Crippen molar-refractivity contribution in [2.45, 2.75) is 18.2 Å². The molecule has 0 atom stereocenters. The molecule has 18 heavy (non-hydrogen) atoms. The highest BCUT2D eigenvalue weighted by atomic mass is 32.2. The van der Waals surface area contributed by atoms with E-state index in [9.17, 15) is 22.0 Å². The minimum absolute atomic E-state index is 0.292. The lowest BCUT2D eigenvalue weighted by molar-refractivity contribution is 0.0949. The highest BCUT2D eigenvalue weighted by molar-refractivity contribution is 7.89. The number of rotatable bonds is 4. The molecule has 1 amide bonds. The number of sulfonamides is 1. The summed E-state index contributed by atoms with van der Waals surface area (Å²) in [5.41, 5.74) is -0.561. The van der Waals surface area contributed by atoms with Crippen LogP contribution >= 0.6 is 0 Å². The number of nitrogens with two attached hydrogens (primary N) is 1. The normalized spacial score (nSPS) is 11.3.